The Balaban J connectivity index is 1.62. The standard InChI is InChI=1S/C17H30O3/c1-2-18-12-8-4-7-11-17(20-14-16-13-19-16)15-9-5-3-6-10-15/h2,15-17H,1,3-14H2. The van der Waals surface area contributed by atoms with E-state index in [1.807, 2.05) is 0 Å². The molecule has 0 N–H and O–H groups in total. The minimum absolute atomic E-state index is 0.391. The molecule has 2 unspecified atom stereocenters. The molecule has 20 heavy (non-hydrogen) atoms. The Morgan fingerprint density at radius 2 is 1.95 bits per heavy atom. The van der Waals surface area contributed by atoms with E-state index in [9.17, 15) is 0 Å². The van der Waals surface area contributed by atoms with Crippen molar-refractivity contribution in [3.63, 3.8) is 0 Å². The normalized spacial score (nSPS) is 24.3. The molecule has 1 heterocycles. The van der Waals surface area contributed by atoms with Gasteiger partial charge in [0.15, 0.2) is 0 Å². The van der Waals surface area contributed by atoms with Crippen LogP contribution in [0.2, 0.25) is 0 Å². The van der Waals surface area contributed by atoms with Gasteiger partial charge in [-0.25, -0.2) is 0 Å². The maximum absolute atomic E-state index is 6.16. The smallest absolute Gasteiger partial charge is 0.104 e. The maximum atomic E-state index is 6.16. The van der Waals surface area contributed by atoms with Crippen molar-refractivity contribution in [3.05, 3.63) is 12.8 Å². The van der Waals surface area contributed by atoms with E-state index in [0.29, 0.717) is 12.2 Å². The molecule has 3 nitrogen and oxygen atoms in total. The van der Waals surface area contributed by atoms with Crippen LogP contribution >= 0.6 is 0 Å². The third-order valence-corrected chi connectivity index (χ3v) is 4.44. The summed E-state index contributed by atoms with van der Waals surface area (Å²) in [6.07, 6.45) is 14.1. The summed E-state index contributed by atoms with van der Waals surface area (Å²) in [6, 6.07) is 0. The van der Waals surface area contributed by atoms with Gasteiger partial charge in [0, 0.05) is 0 Å². The van der Waals surface area contributed by atoms with Gasteiger partial charge in [-0.15, -0.1) is 0 Å². The SMILES string of the molecule is C=COCCCCCC(OCC1CO1)C1CCCCC1. The summed E-state index contributed by atoms with van der Waals surface area (Å²) in [6.45, 7) is 6.07. The van der Waals surface area contributed by atoms with Crippen LogP contribution in [-0.4, -0.2) is 32.0 Å². The maximum Gasteiger partial charge on any atom is 0.104 e. The van der Waals surface area contributed by atoms with Crippen LogP contribution in [0, 0.1) is 5.92 Å². The van der Waals surface area contributed by atoms with Gasteiger partial charge in [0.2, 0.25) is 0 Å². The lowest BCUT2D eigenvalue weighted by molar-refractivity contribution is -0.0128. The summed E-state index contributed by atoms with van der Waals surface area (Å²) in [5.74, 6) is 0.784. The summed E-state index contributed by atoms with van der Waals surface area (Å²) >= 11 is 0. The zero-order chi connectivity index (χ0) is 14.0. The average Bonchev–Trinajstić information content (AvgIpc) is 3.31. The fourth-order valence-corrected chi connectivity index (χ4v) is 3.15. The number of epoxide rings is 1. The van der Waals surface area contributed by atoms with Crippen LogP contribution in [0.4, 0.5) is 0 Å². The van der Waals surface area contributed by atoms with Crippen LogP contribution in [0.15, 0.2) is 12.8 Å². The van der Waals surface area contributed by atoms with Crippen LogP contribution in [0.5, 0.6) is 0 Å². The highest BCUT2D eigenvalue weighted by Gasteiger charge is 2.28. The Morgan fingerprint density at radius 1 is 1.15 bits per heavy atom. The van der Waals surface area contributed by atoms with E-state index in [4.69, 9.17) is 14.2 Å². The van der Waals surface area contributed by atoms with E-state index in [0.717, 1.165) is 32.2 Å². The Kier molecular flexibility index (Phi) is 7.45. The molecule has 2 atom stereocenters. The number of unbranched alkanes of at least 4 members (excludes halogenated alkanes) is 2. The minimum atomic E-state index is 0.391. The molecule has 0 aromatic rings. The van der Waals surface area contributed by atoms with Crippen LogP contribution in [0.25, 0.3) is 0 Å². The second kappa shape index (κ2) is 9.41. The molecule has 2 aliphatic rings. The van der Waals surface area contributed by atoms with E-state index in [1.54, 1.807) is 0 Å². The average molecular weight is 282 g/mol. The quantitative estimate of drug-likeness (QED) is 0.325. The van der Waals surface area contributed by atoms with E-state index in [-0.39, 0.29) is 0 Å². The van der Waals surface area contributed by atoms with Crippen molar-refractivity contribution < 1.29 is 14.2 Å². The highest BCUT2D eigenvalue weighted by atomic mass is 16.6. The van der Waals surface area contributed by atoms with Gasteiger partial charge in [0.25, 0.3) is 0 Å². The van der Waals surface area contributed by atoms with Crippen molar-refractivity contribution >= 4 is 0 Å². The molecule has 3 heteroatoms. The van der Waals surface area contributed by atoms with Crippen LogP contribution in [-0.2, 0) is 14.2 Å². The molecule has 1 saturated carbocycles. The Morgan fingerprint density at radius 3 is 2.65 bits per heavy atom. The van der Waals surface area contributed by atoms with Crippen molar-refractivity contribution in [2.24, 2.45) is 5.92 Å². The van der Waals surface area contributed by atoms with Gasteiger partial charge in [-0.05, 0) is 38.0 Å². The Labute approximate surface area is 123 Å². The number of hydrogen-bond donors (Lipinski definition) is 0. The molecule has 0 bridgehead atoms. The van der Waals surface area contributed by atoms with Gasteiger partial charge in [0.05, 0.1) is 32.2 Å². The van der Waals surface area contributed by atoms with Crippen LogP contribution < -0.4 is 0 Å². The van der Waals surface area contributed by atoms with E-state index in [2.05, 4.69) is 6.58 Å². The molecule has 0 aromatic carbocycles. The molecule has 0 aromatic heterocycles. The third-order valence-electron chi connectivity index (χ3n) is 4.44. The Bertz CT molecular complexity index is 257. The minimum Gasteiger partial charge on any atom is -0.502 e. The van der Waals surface area contributed by atoms with E-state index in [1.165, 1.54) is 57.6 Å². The summed E-state index contributed by atoms with van der Waals surface area (Å²) in [5.41, 5.74) is 0. The largest absolute Gasteiger partial charge is 0.502 e. The zero-order valence-corrected chi connectivity index (χ0v) is 12.7. The number of rotatable bonds is 11. The molecule has 1 aliphatic heterocycles. The first-order valence-corrected chi connectivity index (χ1v) is 8.36. The first kappa shape index (κ1) is 15.8. The topological polar surface area (TPSA) is 31.0 Å². The predicted octanol–water partition coefficient (Wildman–Crippen LogP) is 4.07. The first-order valence-electron chi connectivity index (χ1n) is 8.36. The van der Waals surface area contributed by atoms with Crippen molar-refractivity contribution in [2.45, 2.75) is 70.0 Å². The first-order chi connectivity index (χ1) is 9.90. The van der Waals surface area contributed by atoms with Crippen molar-refractivity contribution in [2.75, 3.05) is 19.8 Å². The molecule has 0 amide bonds. The predicted molar refractivity (Wildman–Crippen MR) is 80.7 cm³/mol. The van der Waals surface area contributed by atoms with Crippen LogP contribution in [0.3, 0.4) is 0 Å². The van der Waals surface area contributed by atoms with Crippen LogP contribution in [0.1, 0.15) is 57.8 Å². The highest BCUT2D eigenvalue weighted by molar-refractivity contribution is 4.77. The van der Waals surface area contributed by atoms with Crippen molar-refractivity contribution in [1.29, 1.82) is 0 Å². The lowest BCUT2D eigenvalue weighted by atomic mass is 9.83. The van der Waals surface area contributed by atoms with Gasteiger partial charge >= 0.3 is 0 Å². The molecular weight excluding hydrogens is 252 g/mol. The van der Waals surface area contributed by atoms with E-state index >= 15 is 0 Å². The number of hydrogen-bond acceptors (Lipinski definition) is 3. The molecule has 0 radical (unpaired) electrons. The molecule has 116 valence electrons. The fraction of sp³-hybridized carbons (Fsp3) is 0.882. The van der Waals surface area contributed by atoms with Gasteiger partial charge < -0.3 is 14.2 Å². The third kappa shape index (κ3) is 6.27. The molecule has 1 aliphatic carbocycles. The summed E-state index contributed by atoms with van der Waals surface area (Å²) in [7, 11) is 0. The van der Waals surface area contributed by atoms with Crippen molar-refractivity contribution in [1.82, 2.24) is 0 Å². The lowest BCUT2D eigenvalue weighted by Gasteiger charge is -2.30. The fourth-order valence-electron chi connectivity index (χ4n) is 3.15. The van der Waals surface area contributed by atoms with E-state index < -0.39 is 0 Å². The highest BCUT2D eigenvalue weighted by Crippen LogP contribution is 2.31. The second-order valence-corrected chi connectivity index (χ2v) is 6.11. The summed E-state index contributed by atoms with van der Waals surface area (Å²) in [5, 5.41) is 0. The number of ether oxygens (including phenoxy) is 3. The molecule has 1 saturated heterocycles. The monoisotopic (exact) mass is 282 g/mol. The van der Waals surface area contributed by atoms with Gasteiger partial charge in [-0.1, -0.05) is 32.3 Å². The lowest BCUT2D eigenvalue weighted by Crippen LogP contribution is -2.27. The van der Waals surface area contributed by atoms with Gasteiger partial charge in [0.1, 0.15) is 6.10 Å². The molecule has 0 spiro atoms. The van der Waals surface area contributed by atoms with Crippen molar-refractivity contribution in [3.8, 4) is 0 Å². The Hall–Kier alpha value is -0.540. The summed E-state index contributed by atoms with van der Waals surface area (Å²) < 4.78 is 16.6. The second-order valence-electron chi connectivity index (χ2n) is 6.11. The molecule has 2 rings (SSSR count). The molecule has 2 fully saturated rings. The van der Waals surface area contributed by atoms with Gasteiger partial charge in [-0.2, -0.15) is 0 Å². The zero-order valence-electron chi connectivity index (χ0n) is 12.7. The van der Waals surface area contributed by atoms with Gasteiger partial charge in [-0.3, -0.25) is 0 Å². The summed E-state index contributed by atoms with van der Waals surface area (Å²) in [4.78, 5) is 0. The molecular formula is C17H30O3.